The van der Waals surface area contributed by atoms with Crippen LogP contribution in [0.15, 0.2) is 24.8 Å². The van der Waals surface area contributed by atoms with E-state index in [0.717, 1.165) is 0 Å². The molecular formula is C11H10FN3O. The number of carbonyl (C=O) groups is 1. The van der Waals surface area contributed by atoms with Gasteiger partial charge in [-0.2, -0.15) is 0 Å². The Morgan fingerprint density at radius 1 is 1.44 bits per heavy atom. The lowest BCUT2D eigenvalue weighted by molar-refractivity contribution is 0.101. The van der Waals surface area contributed by atoms with Gasteiger partial charge in [0.15, 0.2) is 17.4 Å². The maximum absolute atomic E-state index is 13.7. The first kappa shape index (κ1) is 10.5. The van der Waals surface area contributed by atoms with E-state index in [1.54, 1.807) is 13.0 Å². The van der Waals surface area contributed by atoms with E-state index in [1.807, 2.05) is 0 Å². The highest BCUT2D eigenvalue weighted by atomic mass is 19.1. The van der Waals surface area contributed by atoms with Crippen molar-refractivity contribution in [3.63, 3.8) is 0 Å². The van der Waals surface area contributed by atoms with Crippen molar-refractivity contribution in [3.8, 4) is 5.82 Å². The van der Waals surface area contributed by atoms with Crippen LogP contribution in [-0.4, -0.2) is 20.3 Å². The number of imidazole rings is 1. The molecule has 0 radical (unpaired) electrons. The van der Waals surface area contributed by atoms with E-state index in [2.05, 4.69) is 9.97 Å². The fourth-order valence-electron chi connectivity index (χ4n) is 1.33. The molecule has 0 bridgehead atoms. The van der Waals surface area contributed by atoms with Gasteiger partial charge in [-0.25, -0.2) is 14.4 Å². The van der Waals surface area contributed by atoms with Crippen LogP contribution in [0.25, 0.3) is 5.82 Å². The Kier molecular flexibility index (Phi) is 2.52. The molecule has 0 atom stereocenters. The summed E-state index contributed by atoms with van der Waals surface area (Å²) >= 11 is 0. The Morgan fingerprint density at radius 2 is 2.19 bits per heavy atom. The number of hydrogen-bond donors (Lipinski definition) is 0. The molecule has 2 rings (SSSR count). The minimum absolute atomic E-state index is 0.153. The summed E-state index contributed by atoms with van der Waals surface area (Å²) in [7, 11) is 0. The maximum atomic E-state index is 13.7. The first-order valence-corrected chi connectivity index (χ1v) is 4.76. The van der Waals surface area contributed by atoms with E-state index in [0.29, 0.717) is 11.3 Å². The van der Waals surface area contributed by atoms with Crippen molar-refractivity contribution in [2.75, 3.05) is 0 Å². The second-order valence-corrected chi connectivity index (χ2v) is 3.49. The van der Waals surface area contributed by atoms with Crippen LogP contribution in [0.4, 0.5) is 4.39 Å². The number of halogens is 1. The standard InChI is InChI=1S/C11H10FN3O/c1-7-3-4-13-11(10(7)12)15-5-9(8(2)16)14-6-15/h3-6H,1-2H3. The second-order valence-electron chi connectivity index (χ2n) is 3.49. The van der Waals surface area contributed by atoms with Crippen LogP contribution >= 0.6 is 0 Å². The topological polar surface area (TPSA) is 47.8 Å². The highest BCUT2D eigenvalue weighted by molar-refractivity contribution is 5.91. The van der Waals surface area contributed by atoms with Crippen molar-refractivity contribution in [2.24, 2.45) is 0 Å². The minimum atomic E-state index is -0.407. The van der Waals surface area contributed by atoms with Crippen molar-refractivity contribution >= 4 is 5.78 Å². The molecule has 0 unspecified atom stereocenters. The van der Waals surface area contributed by atoms with Crippen LogP contribution in [0.5, 0.6) is 0 Å². The molecule has 0 aliphatic rings. The monoisotopic (exact) mass is 219 g/mol. The van der Waals surface area contributed by atoms with Crippen LogP contribution in [0.3, 0.4) is 0 Å². The zero-order chi connectivity index (χ0) is 11.7. The number of nitrogens with zero attached hydrogens (tertiary/aromatic N) is 3. The number of carbonyl (C=O) groups excluding carboxylic acids is 1. The van der Waals surface area contributed by atoms with Crippen LogP contribution in [0, 0.1) is 12.7 Å². The Morgan fingerprint density at radius 3 is 2.81 bits per heavy atom. The summed E-state index contributed by atoms with van der Waals surface area (Å²) in [5.41, 5.74) is 0.797. The molecular weight excluding hydrogens is 209 g/mol. The summed E-state index contributed by atoms with van der Waals surface area (Å²) in [6, 6.07) is 1.58. The average molecular weight is 219 g/mol. The number of Topliss-reactive ketones (excluding diaryl/α,β-unsaturated/α-hetero) is 1. The predicted octanol–water partition coefficient (Wildman–Crippen LogP) is 1.92. The maximum Gasteiger partial charge on any atom is 0.179 e. The van der Waals surface area contributed by atoms with Crippen molar-refractivity contribution in [1.29, 1.82) is 0 Å². The molecule has 2 heterocycles. The van der Waals surface area contributed by atoms with E-state index < -0.39 is 5.82 Å². The van der Waals surface area contributed by atoms with E-state index in [9.17, 15) is 9.18 Å². The molecule has 0 saturated heterocycles. The Bertz CT molecular complexity index is 548. The zero-order valence-corrected chi connectivity index (χ0v) is 8.94. The lowest BCUT2D eigenvalue weighted by Gasteiger charge is -2.03. The minimum Gasteiger partial charge on any atom is -0.293 e. The molecule has 0 aliphatic carbocycles. The molecule has 16 heavy (non-hydrogen) atoms. The first-order chi connectivity index (χ1) is 7.59. The largest absolute Gasteiger partial charge is 0.293 e. The zero-order valence-electron chi connectivity index (χ0n) is 8.94. The smallest absolute Gasteiger partial charge is 0.179 e. The fourth-order valence-corrected chi connectivity index (χ4v) is 1.33. The van der Waals surface area contributed by atoms with E-state index in [1.165, 1.54) is 30.2 Å². The summed E-state index contributed by atoms with van der Waals surface area (Å²) in [5.74, 6) is -0.415. The van der Waals surface area contributed by atoms with Gasteiger partial charge in [-0.3, -0.25) is 9.36 Å². The SMILES string of the molecule is CC(=O)c1cn(-c2nccc(C)c2F)cn1. The van der Waals surface area contributed by atoms with Crippen LogP contribution in [0.1, 0.15) is 23.0 Å². The molecule has 0 aromatic carbocycles. The molecule has 0 amide bonds. The third-order valence-corrected chi connectivity index (χ3v) is 2.25. The third-order valence-electron chi connectivity index (χ3n) is 2.25. The van der Waals surface area contributed by atoms with Gasteiger partial charge in [0.1, 0.15) is 12.0 Å². The number of pyridine rings is 1. The normalized spacial score (nSPS) is 10.4. The van der Waals surface area contributed by atoms with E-state index in [4.69, 9.17) is 0 Å². The summed E-state index contributed by atoms with van der Waals surface area (Å²) < 4.78 is 15.1. The molecule has 0 fully saturated rings. The quantitative estimate of drug-likeness (QED) is 0.725. The Hall–Kier alpha value is -2.04. The van der Waals surface area contributed by atoms with Gasteiger partial charge in [-0.1, -0.05) is 0 Å². The summed E-state index contributed by atoms with van der Waals surface area (Å²) in [4.78, 5) is 18.8. The number of rotatable bonds is 2. The first-order valence-electron chi connectivity index (χ1n) is 4.76. The van der Waals surface area contributed by atoms with Crippen LogP contribution < -0.4 is 0 Å². The molecule has 0 N–H and O–H groups in total. The van der Waals surface area contributed by atoms with Gasteiger partial charge in [-0.15, -0.1) is 0 Å². The second kappa shape index (κ2) is 3.84. The van der Waals surface area contributed by atoms with Crippen LogP contribution in [-0.2, 0) is 0 Å². The van der Waals surface area contributed by atoms with Crippen molar-refractivity contribution < 1.29 is 9.18 Å². The Balaban J connectivity index is 2.50. The Labute approximate surface area is 91.8 Å². The lowest BCUT2D eigenvalue weighted by atomic mass is 10.3. The van der Waals surface area contributed by atoms with Crippen LogP contribution in [0.2, 0.25) is 0 Å². The molecule has 0 saturated carbocycles. The highest BCUT2D eigenvalue weighted by Crippen LogP contribution is 2.14. The molecule has 5 heteroatoms. The predicted molar refractivity (Wildman–Crippen MR) is 56.1 cm³/mol. The number of aromatic nitrogens is 3. The summed E-state index contributed by atoms with van der Waals surface area (Å²) in [6.45, 7) is 3.07. The van der Waals surface area contributed by atoms with Crippen molar-refractivity contribution in [2.45, 2.75) is 13.8 Å². The molecule has 4 nitrogen and oxygen atoms in total. The van der Waals surface area contributed by atoms with Gasteiger partial charge >= 0.3 is 0 Å². The molecule has 2 aromatic rings. The molecule has 82 valence electrons. The molecule has 0 spiro atoms. The molecule has 2 aromatic heterocycles. The summed E-state index contributed by atoms with van der Waals surface area (Å²) in [5, 5.41) is 0. The lowest BCUT2D eigenvalue weighted by Crippen LogP contribution is -2.00. The van der Waals surface area contributed by atoms with Crippen molar-refractivity contribution in [3.05, 3.63) is 41.9 Å². The fraction of sp³-hybridized carbons (Fsp3) is 0.182. The number of hydrogen-bond acceptors (Lipinski definition) is 3. The summed E-state index contributed by atoms with van der Waals surface area (Å²) in [6.07, 6.45) is 4.36. The van der Waals surface area contributed by atoms with Gasteiger partial charge in [-0.05, 0) is 18.6 Å². The number of ketones is 1. The van der Waals surface area contributed by atoms with E-state index in [-0.39, 0.29) is 11.6 Å². The van der Waals surface area contributed by atoms with E-state index >= 15 is 0 Å². The van der Waals surface area contributed by atoms with Gasteiger partial charge in [0.05, 0.1) is 0 Å². The third kappa shape index (κ3) is 1.71. The molecule has 0 aliphatic heterocycles. The van der Waals surface area contributed by atoms with Gasteiger partial charge in [0.2, 0.25) is 0 Å². The van der Waals surface area contributed by atoms with Gasteiger partial charge in [0.25, 0.3) is 0 Å². The van der Waals surface area contributed by atoms with Gasteiger partial charge < -0.3 is 0 Å². The number of aryl methyl sites for hydroxylation is 1. The van der Waals surface area contributed by atoms with Gasteiger partial charge in [0, 0.05) is 19.3 Å². The highest BCUT2D eigenvalue weighted by Gasteiger charge is 2.10. The average Bonchev–Trinajstić information content (AvgIpc) is 2.71. The van der Waals surface area contributed by atoms with Crippen molar-refractivity contribution in [1.82, 2.24) is 14.5 Å².